The van der Waals surface area contributed by atoms with Gasteiger partial charge in [0.1, 0.15) is 30.6 Å². The number of amides is 1. The molecule has 1 amide bonds. The maximum absolute atomic E-state index is 13.2. The summed E-state index contributed by atoms with van der Waals surface area (Å²) in [7, 11) is -5.09. The van der Waals surface area contributed by atoms with E-state index in [9.17, 15) is 43.6 Å². The highest BCUT2D eigenvalue weighted by molar-refractivity contribution is 7.47. The predicted octanol–water partition coefficient (Wildman–Crippen LogP) is -3.62. The first kappa shape index (κ1) is 35.6. The van der Waals surface area contributed by atoms with Gasteiger partial charge in [0.05, 0.1) is 25.4 Å². The van der Waals surface area contributed by atoms with Crippen molar-refractivity contribution in [2.75, 3.05) is 19.8 Å². The molecule has 0 radical (unpaired) electrons. The van der Waals surface area contributed by atoms with Gasteiger partial charge in [0.15, 0.2) is 6.23 Å². The number of nitrogens with two attached hydrogens (primary N) is 2. The summed E-state index contributed by atoms with van der Waals surface area (Å²) in [6, 6.07) is -1.45. The fourth-order valence-electron chi connectivity index (χ4n) is 5.13. The predicted molar refractivity (Wildman–Crippen MR) is 156 cm³/mol. The van der Waals surface area contributed by atoms with Crippen LogP contribution in [0.1, 0.15) is 43.7 Å². The Morgan fingerprint density at radius 3 is 2.57 bits per heavy atom. The van der Waals surface area contributed by atoms with Crippen LogP contribution in [0, 0.1) is 6.92 Å². The lowest BCUT2D eigenvalue weighted by atomic mass is 10.1. The fraction of sp³-hybridized carbons (Fsp3) is 0.640. The average Bonchev–Trinajstić information content (AvgIpc) is 3.52. The van der Waals surface area contributed by atoms with Gasteiger partial charge in [-0.25, -0.2) is 14.2 Å². The minimum atomic E-state index is -5.09. The highest BCUT2D eigenvalue weighted by Gasteiger charge is 2.51. The van der Waals surface area contributed by atoms with Crippen LogP contribution in [0.4, 0.5) is 0 Å². The molecule has 2 aliphatic heterocycles. The molecule has 0 saturated carbocycles. The van der Waals surface area contributed by atoms with E-state index in [-0.39, 0.29) is 18.4 Å². The van der Waals surface area contributed by atoms with Gasteiger partial charge in [-0.2, -0.15) is 0 Å². The number of phosphoric ester groups is 1. The molecule has 2 saturated heterocycles. The summed E-state index contributed by atoms with van der Waals surface area (Å²) in [5.41, 5.74) is 8.68. The number of hydrogen-bond donors (Lipinski definition) is 8. The van der Waals surface area contributed by atoms with E-state index in [1.54, 1.807) is 0 Å². The minimum Gasteiger partial charge on any atom is -0.394 e. The number of aryl methyl sites for hydroxylation is 1. The molecule has 21 heteroatoms. The lowest BCUT2D eigenvalue weighted by molar-refractivity contribution is -0.124. The molecular weight excluding hydrogens is 637 g/mol. The number of carbonyl (C=O) groups excluding carboxylic acids is 1. The quantitative estimate of drug-likeness (QED) is 0.0708. The van der Waals surface area contributed by atoms with Gasteiger partial charge in [-0.15, -0.1) is 0 Å². The maximum atomic E-state index is 13.2. The van der Waals surface area contributed by atoms with Gasteiger partial charge in [0.25, 0.3) is 11.1 Å². The molecule has 2 fully saturated rings. The Morgan fingerprint density at radius 2 is 1.89 bits per heavy atom. The maximum Gasteiger partial charge on any atom is 0.472 e. The summed E-state index contributed by atoms with van der Waals surface area (Å²) in [5, 5.41) is 23.1. The van der Waals surface area contributed by atoms with E-state index >= 15 is 0 Å². The van der Waals surface area contributed by atoms with E-state index in [0.717, 1.165) is 21.4 Å². The third-order valence-electron chi connectivity index (χ3n) is 7.58. The second kappa shape index (κ2) is 15.1. The summed E-state index contributed by atoms with van der Waals surface area (Å²) >= 11 is 0. The van der Waals surface area contributed by atoms with E-state index in [2.05, 4.69) is 10.3 Å². The number of phosphoric acid groups is 1. The van der Waals surface area contributed by atoms with Gasteiger partial charge in [-0.05, 0) is 26.3 Å². The number of aliphatic hydroxyl groups excluding tert-OH is 2. The van der Waals surface area contributed by atoms with Crippen LogP contribution in [-0.2, 0) is 27.9 Å². The van der Waals surface area contributed by atoms with Crippen LogP contribution >= 0.6 is 7.82 Å². The van der Waals surface area contributed by atoms with E-state index in [1.165, 1.54) is 13.1 Å². The van der Waals surface area contributed by atoms with Crippen molar-refractivity contribution < 1.29 is 43.0 Å². The Bertz CT molecular complexity index is 1660. The Balaban J connectivity index is 1.51. The molecule has 4 heterocycles. The lowest BCUT2D eigenvalue weighted by Crippen LogP contribution is -2.53. The fourth-order valence-corrected chi connectivity index (χ4v) is 6.10. The largest absolute Gasteiger partial charge is 0.472 e. The number of H-pyrrole nitrogens is 2. The Kier molecular flexibility index (Phi) is 11.6. The van der Waals surface area contributed by atoms with E-state index < -0.39 is 98.4 Å². The van der Waals surface area contributed by atoms with Crippen LogP contribution in [0.3, 0.4) is 0 Å². The van der Waals surface area contributed by atoms with Crippen LogP contribution < -0.4 is 39.3 Å². The summed E-state index contributed by atoms with van der Waals surface area (Å²) < 4.78 is 37.0. The van der Waals surface area contributed by atoms with Crippen molar-refractivity contribution in [1.29, 1.82) is 0 Å². The number of aromatic nitrogens is 4. The van der Waals surface area contributed by atoms with E-state index in [0.29, 0.717) is 19.4 Å². The summed E-state index contributed by atoms with van der Waals surface area (Å²) in [6.45, 7) is 0.353. The van der Waals surface area contributed by atoms with Crippen LogP contribution in [0.2, 0.25) is 0 Å². The van der Waals surface area contributed by atoms with Crippen molar-refractivity contribution in [1.82, 2.24) is 24.4 Å². The van der Waals surface area contributed by atoms with Gasteiger partial charge in [0, 0.05) is 30.4 Å². The summed E-state index contributed by atoms with van der Waals surface area (Å²) in [6.07, 6.45) is -4.35. The van der Waals surface area contributed by atoms with Gasteiger partial charge in [-0.3, -0.25) is 42.5 Å². The van der Waals surface area contributed by atoms with Crippen molar-refractivity contribution >= 4 is 13.7 Å². The smallest absolute Gasteiger partial charge is 0.394 e. The average molecular weight is 676 g/mol. The monoisotopic (exact) mass is 675 g/mol. The molecule has 2 aromatic heterocycles. The van der Waals surface area contributed by atoms with Crippen molar-refractivity contribution in [3.05, 3.63) is 65.7 Å². The molecule has 46 heavy (non-hydrogen) atoms. The zero-order chi connectivity index (χ0) is 33.8. The molecule has 256 valence electrons. The standard InChI is InChI=1S/C25H38N7O13P/c1-12-9-32(25(39)30-21(12)36)18-8-14(34)16(43-18)11-42-46(40,41)45-20-15(10-33)44-23(31-7-5-17(35)28-24(31)38)19(20)29-22(37)13(27)4-2-3-6-26/h5,7,9,13-16,18-20,23,33-34H,2-4,6,8,10-11,26-27H2,1H3,(H,29,37)(H,40,41)(H,28,35,38)(H,30,36,39)/t13-,14+,15-,16-,18-,19-,20-,23-/m1/s1. The number of nitrogens with one attached hydrogen (secondary N) is 3. The van der Waals surface area contributed by atoms with Gasteiger partial charge in [0.2, 0.25) is 5.91 Å². The summed E-state index contributed by atoms with van der Waals surface area (Å²) in [5.74, 6) is -0.727. The zero-order valence-corrected chi connectivity index (χ0v) is 25.6. The number of hydrogen-bond acceptors (Lipinski definition) is 14. The van der Waals surface area contributed by atoms with Crippen LogP contribution in [0.5, 0.6) is 0 Å². The van der Waals surface area contributed by atoms with E-state index in [1.807, 2.05) is 4.98 Å². The van der Waals surface area contributed by atoms with Crippen LogP contribution in [-0.4, -0.2) is 96.4 Å². The second-order valence-electron chi connectivity index (χ2n) is 10.9. The normalized spacial score (nSPS) is 28.2. The molecule has 0 aliphatic carbocycles. The van der Waals surface area contributed by atoms with Crippen molar-refractivity contribution in [2.24, 2.45) is 11.5 Å². The van der Waals surface area contributed by atoms with E-state index in [4.69, 9.17) is 30.0 Å². The summed E-state index contributed by atoms with van der Waals surface area (Å²) in [4.78, 5) is 76.0. The highest BCUT2D eigenvalue weighted by atomic mass is 31.2. The number of nitrogens with zero attached hydrogens (tertiary/aromatic N) is 2. The second-order valence-corrected chi connectivity index (χ2v) is 12.3. The molecule has 0 aromatic carbocycles. The molecule has 1 unspecified atom stereocenters. The molecule has 0 bridgehead atoms. The van der Waals surface area contributed by atoms with Gasteiger partial charge in [-0.1, -0.05) is 6.42 Å². The van der Waals surface area contributed by atoms with Crippen molar-refractivity contribution in [3.63, 3.8) is 0 Å². The molecule has 10 N–H and O–H groups in total. The molecule has 9 atom stereocenters. The molecule has 0 spiro atoms. The Morgan fingerprint density at radius 1 is 1.17 bits per heavy atom. The highest BCUT2D eigenvalue weighted by Crippen LogP contribution is 2.49. The molecular formula is C25H38N7O13P. The van der Waals surface area contributed by atoms with Gasteiger partial charge >= 0.3 is 19.2 Å². The SMILES string of the molecule is Cc1cn([C@H]2C[C@H](O)[C@@H](COP(=O)(O)O[C@H]3[C@@H](NC(=O)[C@H](N)CCCCN)[C@H](n4ccc(=O)[nH]c4=O)O[C@@H]3CO)O2)c(=O)[nH]c1=O. The number of ether oxygens (including phenoxy) is 2. The topological polar surface area (TPSA) is 306 Å². The van der Waals surface area contributed by atoms with Crippen LogP contribution in [0.15, 0.2) is 37.6 Å². The third kappa shape index (κ3) is 8.34. The number of carbonyl (C=O) groups is 1. The molecule has 20 nitrogen and oxygen atoms in total. The first-order valence-corrected chi connectivity index (χ1v) is 15.9. The lowest BCUT2D eigenvalue weighted by Gasteiger charge is -2.28. The first-order valence-electron chi connectivity index (χ1n) is 14.4. The Labute approximate surface area is 259 Å². The van der Waals surface area contributed by atoms with Crippen molar-refractivity contribution in [2.45, 2.75) is 81.6 Å². The number of aliphatic hydroxyl groups is 2. The molecule has 2 aromatic rings. The Hall–Kier alpha value is -3.30. The number of unbranched alkanes of at least 4 members (excludes halogenated alkanes) is 1. The van der Waals surface area contributed by atoms with Gasteiger partial charge < -0.3 is 41.4 Å². The third-order valence-corrected chi connectivity index (χ3v) is 8.56. The zero-order valence-electron chi connectivity index (χ0n) is 24.7. The molecule has 4 rings (SSSR count). The number of rotatable bonds is 14. The first-order chi connectivity index (χ1) is 21.7. The molecule has 2 aliphatic rings. The minimum absolute atomic E-state index is 0.117. The van der Waals surface area contributed by atoms with Crippen molar-refractivity contribution in [3.8, 4) is 0 Å². The number of aromatic amines is 2. The van der Waals surface area contributed by atoms with Crippen LogP contribution in [0.25, 0.3) is 0 Å².